The average molecular weight is 373 g/mol. The molecule has 0 saturated carbocycles. The lowest BCUT2D eigenvalue weighted by Crippen LogP contribution is -2.15. The summed E-state index contributed by atoms with van der Waals surface area (Å²) in [5.74, 6) is 0.0958. The number of ketones is 1. The van der Waals surface area contributed by atoms with E-state index in [0.29, 0.717) is 17.2 Å². The normalized spacial score (nSPS) is 10.6. The molecule has 0 aliphatic rings. The molecule has 0 unspecified atom stereocenters. The molecule has 0 atom stereocenters. The summed E-state index contributed by atoms with van der Waals surface area (Å²) in [6.45, 7) is 5.72. The van der Waals surface area contributed by atoms with E-state index in [2.05, 4.69) is 29.5 Å². The first-order chi connectivity index (χ1) is 13.4. The molecule has 3 aromatic rings. The molecule has 0 fully saturated rings. The Morgan fingerprint density at radius 3 is 2.18 bits per heavy atom. The number of nitrogens with one attached hydrogen (secondary N) is 2. The molecule has 2 N–H and O–H groups in total. The van der Waals surface area contributed by atoms with Crippen LogP contribution in [-0.4, -0.2) is 16.7 Å². The Hall–Kier alpha value is -3.47. The van der Waals surface area contributed by atoms with E-state index in [0.717, 1.165) is 22.6 Å². The number of hydrogen-bond acceptors (Lipinski definition) is 4. The van der Waals surface area contributed by atoms with Crippen LogP contribution in [-0.2, 0) is 0 Å². The number of benzene rings is 2. The van der Waals surface area contributed by atoms with Gasteiger partial charge < -0.3 is 10.6 Å². The first-order valence-electron chi connectivity index (χ1n) is 9.18. The maximum atomic E-state index is 12.5. The van der Waals surface area contributed by atoms with Gasteiger partial charge in [0, 0.05) is 16.9 Å². The SMILES string of the molecule is CC(=O)c1ccc(Nc2ccc(C(=O)Nc3ccccc3C(C)C)nc2)cc1. The fourth-order valence-electron chi connectivity index (χ4n) is 2.86. The van der Waals surface area contributed by atoms with Crippen molar-refractivity contribution in [3.63, 3.8) is 0 Å². The van der Waals surface area contributed by atoms with Crippen molar-refractivity contribution in [1.29, 1.82) is 0 Å². The van der Waals surface area contributed by atoms with Gasteiger partial charge in [0.15, 0.2) is 5.78 Å². The van der Waals surface area contributed by atoms with Crippen LogP contribution in [0, 0.1) is 0 Å². The second-order valence-electron chi connectivity index (χ2n) is 6.89. The lowest BCUT2D eigenvalue weighted by atomic mass is 10.0. The van der Waals surface area contributed by atoms with Gasteiger partial charge in [-0.05, 0) is 60.9 Å². The van der Waals surface area contributed by atoms with Crippen molar-refractivity contribution in [2.45, 2.75) is 26.7 Å². The summed E-state index contributed by atoms with van der Waals surface area (Å²) in [4.78, 5) is 28.1. The van der Waals surface area contributed by atoms with Gasteiger partial charge in [-0.3, -0.25) is 9.59 Å². The van der Waals surface area contributed by atoms with Gasteiger partial charge in [-0.25, -0.2) is 4.98 Å². The number of anilines is 3. The average Bonchev–Trinajstić information content (AvgIpc) is 2.69. The van der Waals surface area contributed by atoms with E-state index in [1.165, 1.54) is 6.92 Å². The van der Waals surface area contributed by atoms with Gasteiger partial charge in [0.1, 0.15) is 5.69 Å². The molecular formula is C23H23N3O2. The predicted octanol–water partition coefficient (Wildman–Crippen LogP) is 5.40. The van der Waals surface area contributed by atoms with Crippen LogP contribution < -0.4 is 10.6 Å². The molecule has 142 valence electrons. The molecule has 0 saturated heterocycles. The zero-order valence-corrected chi connectivity index (χ0v) is 16.2. The molecule has 1 amide bonds. The van der Waals surface area contributed by atoms with Gasteiger partial charge in [0.25, 0.3) is 5.91 Å². The fraction of sp³-hybridized carbons (Fsp3) is 0.174. The van der Waals surface area contributed by atoms with Crippen LogP contribution in [0.4, 0.5) is 17.1 Å². The van der Waals surface area contributed by atoms with Gasteiger partial charge in [0.2, 0.25) is 0 Å². The van der Waals surface area contributed by atoms with Crippen LogP contribution in [0.5, 0.6) is 0 Å². The third-order valence-electron chi connectivity index (χ3n) is 4.41. The number of Topliss-reactive ketones (excluding diaryl/α,β-unsaturated/α-hetero) is 1. The Morgan fingerprint density at radius 1 is 0.893 bits per heavy atom. The molecule has 5 nitrogen and oxygen atoms in total. The van der Waals surface area contributed by atoms with Crippen molar-refractivity contribution >= 4 is 28.8 Å². The van der Waals surface area contributed by atoms with Crippen molar-refractivity contribution in [2.24, 2.45) is 0 Å². The van der Waals surface area contributed by atoms with Crippen molar-refractivity contribution in [2.75, 3.05) is 10.6 Å². The summed E-state index contributed by atoms with van der Waals surface area (Å²) in [5, 5.41) is 6.14. The van der Waals surface area contributed by atoms with Crippen LogP contribution in [0.1, 0.15) is 53.1 Å². The van der Waals surface area contributed by atoms with Crippen molar-refractivity contribution in [1.82, 2.24) is 4.98 Å². The molecule has 0 bridgehead atoms. The molecule has 3 rings (SSSR count). The van der Waals surface area contributed by atoms with E-state index in [-0.39, 0.29) is 11.7 Å². The maximum absolute atomic E-state index is 12.5. The standard InChI is InChI=1S/C23H23N3O2/c1-15(2)20-6-4-5-7-21(20)26-23(28)22-13-12-19(14-24-22)25-18-10-8-17(9-11-18)16(3)27/h4-15,25H,1-3H3,(H,26,28). The van der Waals surface area contributed by atoms with Gasteiger partial charge in [-0.15, -0.1) is 0 Å². The third kappa shape index (κ3) is 4.62. The minimum Gasteiger partial charge on any atom is -0.354 e. The van der Waals surface area contributed by atoms with E-state index >= 15 is 0 Å². The second-order valence-corrected chi connectivity index (χ2v) is 6.89. The summed E-state index contributed by atoms with van der Waals surface area (Å²) in [5.41, 5.74) is 4.50. The summed E-state index contributed by atoms with van der Waals surface area (Å²) in [6, 6.07) is 18.5. The van der Waals surface area contributed by atoms with E-state index in [9.17, 15) is 9.59 Å². The predicted molar refractivity (Wildman–Crippen MR) is 112 cm³/mol. The second kappa shape index (κ2) is 8.48. The highest BCUT2D eigenvalue weighted by Crippen LogP contribution is 2.24. The van der Waals surface area contributed by atoms with Crippen molar-refractivity contribution in [3.8, 4) is 0 Å². The number of nitrogens with zero attached hydrogens (tertiary/aromatic N) is 1. The van der Waals surface area contributed by atoms with Crippen molar-refractivity contribution < 1.29 is 9.59 Å². The van der Waals surface area contributed by atoms with Crippen LogP contribution >= 0.6 is 0 Å². The molecular weight excluding hydrogens is 350 g/mol. The lowest BCUT2D eigenvalue weighted by Gasteiger charge is -2.13. The summed E-state index contributed by atoms with van der Waals surface area (Å²) in [7, 11) is 0. The molecule has 0 aliphatic heterocycles. The minimum absolute atomic E-state index is 0.0302. The quantitative estimate of drug-likeness (QED) is 0.567. The van der Waals surface area contributed by atoms with Gasteiger partial charge in [-0.2, -0.15) is 0 Å². The van der Waals surface area contributed by atoms with E-state index < -0.39 is 0 Å². The van der Waals surface area contributed by atoms with Crippen LogP contribution in [0.15, 0.2) is 66.9 Å². The van der Waals surface area contributed by atoms with Gasteiger partial charge in [-0.1, -0.05) is 32.0 Å². The fourth-order valence-corrected chi connectivity index (χ4v) is 2.86. The zero-order valence-electron chi connectivity index (χ0n) is 16.2. The van der Waals surface area contributed by atoms with Crippen LogP contribution in [0.3, 0.4) is 0 Å². The highest BCUT2D eigenvalue weighted by molar-refractivity contribution is 6.03. The maximum Gasteiger partial charge on any atom is 0.274 e. The van der Waals surface area contributed by atoms with Gasteiger partial charge in [0.05, 0.1) is 11.9 Å². The first kappa shape index (κ1) is 19.3. The molecule has 5 heteroatoms. The summed E-state index contributed by atoms with van der Waals surface area (Å²) >= 11 is 0. The number of aromatic nitrogens is 1. The Balaban J connectivity index is 1.68. The molecule has 0 spiro atoms. The van der Waals surface area contributed by atoms with E-state index in [1.807, 2.05) is 36.4 Å². The highest BCUT2D eigenvalue weighted by Gasteiger charge is 2.12. The highest BCUT2D eigenvalue weighted by atomic mass is 16.2. The topological polar surface area (TPSA) is 71.1 Å². The van der Waals surface area contributed by atoms with Crippen LogP contribution in [0.2, 0.25) is 0 Å². The monoisotopic (exact) mass is 373 g/mol. The molecule has 28 heavy (non-hydrogen) atoms. The number of carbonyl (C=O) groups is 2. The number of pyridine rings is 1. The number of rotatable bonds is 6. The molecule has 2 aromatic carbocycles. The molecule has 0 radical (unpaired) electrons. The largest absolute Gasteiger partial charge is 0.354 e. The Labute approximate surface area is 164 Å². The lowest BCUT2D eigenvalue weighted by molar-refractivity contribution is 0.101. The van der Waals surface area contributed by atoms with Crippen molar-refractivity contribution in [3.05, 3.63) is 83.7 Å². The smallest absolute Gasteiger partial charge is 0.274 e. The van der Waals surface area contributed by atoms with Crippen LogP contribution in [0.25, 0.3) is 0 Å². The number of carbonyl (C=O) groups excluding carboxylic acids is 2. The third-order valence-corrected chi connectivity index (χ3v) is 4.41. The van der Waals surface area contributed by atoms with E-state index in [4.69, 9.17) is 0 Å². The zero-order chi connectivity index (χ0) is 20.1. The number of hydrogen-bond donors (Lipinski definition) is 2. The minimum atomic E-state index is -0.245. The Morgan fingerprint density at radius 2 is 1.57 bits per heavy atom. The van der Waals surface area contributed by atoms with Gasteiger partial charge >= 0.3 is 0 Å². The Bertz CT molecular complexity index is 977. The molecule has 1 heterocycles. The number of amides is 1. The summed E-state index contributed by atoms with van der Waals surface area (Å²) < 4.78 is 0. The van der Waals surface area contributed by atoms with E-state index in [1.54, 1.807) is 30.5 Å². The number of para-hydroxylation sites is 1. The molecule has 0 aliphatic carbocycles. The Kier molecular flexibility index (Phi) is 5.84. The first-order valence-corrected chi connectivity index (χ1v) is 9.18. The molecule has 1 aromatic heterocycles. The summed E-state index contributed by atoms with van der Waals surface area (Å²) in [6.07, 6.45) is 1.61.